The van der Waals surface area contributed by atoms with Crippen LogP contribution >= 0.6 is 0 Å². The number of amides is 2. The molecule has 0 heterocycles. The number of hydrogen-bond donors (Lipinski definition) is 1. The SMILES string of the molecule is CNC(=O)C(Cc1ccccc1)N(Cc1ccc(C)cc1)C(=O)CN(c1cc(C)cc(C)c1)S(=O)(=O)c1ccc(C)cc1. The van der Waals surface area contributed by atoms with Crippen molar-refractivity contribution < 1.29 is 18.0 Å². The predicted molar refractivity (Wildman–Crippen MR) is 171 cm³/mol. The van der Waals surface area contributed by atoms with Gasteiger partial charge in [0.05, 0.1) is 10.6 Å². The van der Waals surface area contributed by atoms with E-state index < -0.39 is 28.5 Å². The molecule has 0 aromatic heterocycles. The first-order chi connectivity index (χ1) is 20.5. The third-order valence-electron chi connectivity index (χ3n) is 7.37. The molecule has 43 heavy (non-hydrogen) atoms. The van der Waals surface area contributed by atoms with Gasteiger partial charge in [-0.05, 0) is 74.2 Å². The molecule has 2 amide bonds. The summed E-state index contributed by atoms with van der Waals surface area (Å²) >= 11 is 0. The Morgan fingerprint density at radius 2 is 1.28 bits per heavy atom. The number of aryl methyl sites for hydroxylation is 4. The van der Waals surface area contributed by atoms with Crippen molar-refractivity contribution in [1.82, 2.24) is 10.2 Å². The molecule has 0 fully saturated rings. The molecule has 1 atom stereocenters. The highest BCUT2D eigenvalue weighted by Gasteiger charge is 2.34. The summed E-state index contributed by atoms with van der Waals surface area (Å²) in [5, 5.41) is 2.71. The van der Waals surface area contributed by atoms with E-state index in [-0.39, 0.29) is 23.8 Å². The highest BCUT2D eigenvalue weighted by molar-refractivity contribution is 7.92. The van der Waals surface area contributed by atoms with Gasteiger partial charge >= 0.3 is 0 Å². The van der Waals surface area contributed by atoms with Crippen molar-refractivity contribution in [1.29, 1.82) is 0 Å². The molecule has 4 aromatic carbocycles. The van der Waals surface area contributed by atoms with Crippen molar-refractivity contribution in [2.45, 2.75) is 51.6 Å². The number of likely N-dealkylation sites (N-methyl/N-ethyl adjacent to an activating group) is 1. The molecular formula is C35H39N3O4S. The Balaban J connectivity index is 1.80. The van der Waals surface area contributed by atoms with Gasteiger partial charge in [-0.25, -0.2) is 8.42 Å². The van der Waals surface area contributed by atoms with E-state index in [9.17, 15) is 18.0 Å². The second-order valence-electron chi connectivity index (χ2n) is 11.0. The molecule has 4 aromatic rings. The van der Waals surface area contributed by atoms with Gasteiger partial charge in [0.2, 0.25) is 11.8 Å². The Bertz CT molecular complexity index is 1650. The molecule has 0 aliphatic carbocycles. The molecule has 0 aliphatic rings. The molecule has 7 nitrogen and oxygen atoms in total. The summed E-state index contributed by atoms with van der Waals surface area (Å²) in [6, 6.07) is 28.4. The third kappa shape index (κ3) is 7.90. The van der Waals surface area contributed by atoms with Crippen LogP contribution in [-0.4, -0.2) is 44.8 Å². The predicted octanol–water partition coefficient (Wildman–Crippen LogP) is 5.50. The molecule has 4 rings (SSSR count). The van der Waals surface area contributed by atoms with Gasteiger partial charge in [0.25, 0.3) is 10.0 Å². The topological polar surface area (TPSA) is 86.8 Å². The zero-order valence-corrected chi connectivity index (χ0v) is 26.2. The van der Waals surface area contributed by atoms with Gasteiger partial charge < -0.3 is 10.2 Å². The molecule has 0 spiro atoms. The fraction of sp³-hybridized carbons (Fsp3) is 0.257. The van der Waals surface area contributed by atoms with Gasteiger partial charge in [-0.2, -0.15) is 0 Å². The summed E-state index contributed by atoms with van der Waals surface area (Å²) in [7, 11) is -2.60. The molecular weight excluding hydrogens is 558 g/mol. The molecule has 0 saturated carbocycles. The van der Waals surface area contributed by atoms with Crippen LogP contribution in [0.2, 0.25) is 0 Å². The van der Waals surface area contributed by atoms with Crippen LogP contribution in [0.15, 0.2) is 102 Å². The van der Waals surface area contributed by atoms with E-state index in [1.807, 2.05) is 88.4 Å². The lowest BCUT2D eigenvalue weighted by atomic mass is 10.0. The normalized spacial score (nSPS) is 11.9. The summed E-state index contributed by atoms with van der Waals surface area (Å²) in [5.41, 5.74) is 5.84. The van der Waals surface area contributed by atoms with E-state index in [1.165, 1.54) is 4.90 Å². The first kappa shape index (κ1) is 31.5. The van der Waals surface area contributed by atoms with Gasteiger partial charge in [0, 0.05) is 20.0 Å². The minimum Gasteiger partial charge on any atom is -0.357 e. The molecule has 8 heteroatoms. The molecule has 0 aliphatic heterocycles. The standard InChI is InChI=1S/C35H39N3O4S/c1-25-11-15-30(16-12-25)23-37(33(35(40)36-5)22-29-9-7-6-8-10-29)34(39)24-38(31-20-27(3)19-28(4)21-31)43(41,42)32-17-13-26(2)14-18-32/h6-21,33H,22-24H2,1-5H3,(H,36,40). The lowest BCUT2D eigenvalue weighted by Crippen LogP contribution is -2.53. The van der Waals surface area contributed by atoms with Gasteiger partial charge in [0.15, 0.2) is 0 Å². The summed E-state index contributed by atoms with van der Waals surface area (Å²) in [4.78, 5) is 29.3. The van der Waals surface area contributed by atoms with E-state index in [1.54, 1.807) is 43.4 Å². The van der Waals surface area contributed by atoms with Crippen LogP contribution in [0.3, 0.4) is 0 Å². The summed E-state index contributed by atoms with van der Waals surface area (Å²) in [6.45, 7) is 7.30. The monoisotopic (exact) mass is 597 g/mol. The van der Waals surface area contributed by atoms with Crippen molar-refractivity contribution in [3.8, 4) is 0 Å². The maximum Gasteiger partial charge on any atom is 0.264 e. The Morgan fingerprint density at radius 1 is 0.721 bits per heavy atom. The van der Waals surface area contributed by atoms with Gasteiger partial charge in [-0.1, -0.05) is 83.9 Å². The fourth-order valence-electron chi connectivity index (χ4n) is 5.07. The Kier molecular flexibility index (Phi) is 10.0. The number of anilines is 1. The minimum atomic E-state index is -4.14. The number of nitrogens with one attached hydrogen (secondary N) is 1. The zero-order valence-electron chi connectivity index (χ0n) is 25.4. The minimum absolute atomic E-state index is 0.0854. The summed E-state index contributed by atoms with van der Waals surface area (Å²) < 4.78 is 29.5. The van der Waals surface area contributed by atoms with Crippen molar-refractivity contribution in [3.63, 3.8) is 0 Å². The highest BCUT2D eigenvalue weighted by atomic mass is 32.2. The third-order valence-corrected chi connectivity index (χ3v) is 9.16. The average Bonchev–Trinajstić information content (AvgIpc) is 2.98. The van der Waals surface area contributed by atoms with E-state index in [0.29, 0.717) is 5.69 Å². The van der Waals surface area contributed by atoms with Crippen molar-refractivity contribution in [3.05, 3.63) is 130 Å². The quantitative estimate of drug-likeness (QED) is 0.247. The summed E-state index contributed by atoms with van der Waals surface area (Å²) in [5.74, 6) is -0.816. The van der Waals surface area contributed by atoms with Crippen LogP contribution in [0, 0.1) is 27.7 Å². The van der Waals surface area contributed by atoms with Crippen molar-refractivity contribution in [2.24, 2.45) is 0 Å². The van der Waals surface area contributed by atoms with Crippen LogP contribution in [0.1, 0.15) is 33.4 Å². The van der Waals surface area contributed by atoms with E-state index in [2.05, 4.69) is 5.32 Å². The van der Waals surface area contributed by atoms with Crippen LogP contribution in [0.5, 0.6) is 0 Å². The largest absolute Gasteiger partial charge is 0.357 e. The number of rotatable bonds is 11. The lowest BCUT2D eigenvalue weighted by Gasteiger charge is -2.33. The molecule has 1 unspecified atom stereocenters. The molecule has 0 saturated heterocycles. The van der Waals surface area contributed by atoms with Gasteiger partial charge in [-0.15, -0.1) is 0 Å². The van der Waals surface area contributed by atoms with E-state index in [4.69, 9.17) is 0 Å². The second kappa shape index (κ2) is 13.7. The number of hydrogen-bond acceptors (Lipinski definition) is 4. The van der Waals surface area contributed by atoms with Crippen molar-refractivity contribution in [2.75, 3.05) is 17.9 Å². The first-order valence-electron chi connectivity index (χ1n) is 14.3. The number of carbonyl (C=O) groups is 2. The molecule has 224 valence electrons. The average molecular weight is 598 g/mol. The fourth-order valence-corrected chi connectivity index (χ4v) is 6.47. The van der Waals surface area contributed by atoms with Crippen LogP contribution in [-0.2, 0) is 32.6 Å². The Labute approximate surface area is 255 Å². The van der Waals surface area contributed by atoms with Crippen LogP contribution < -0.4 is 9.62 Å². The molecule has 0 radical (unpaired) electrons. The Hall–Kier alpha value is -4.43. The first-order valence-corrected chi connectivity index (χ1v) is 15.7. The van der Waals surface area contributed by atoms with Crippen LogP contribution in [0.4, 0.5) is 5.69 Å². The number of carbonyl (C=O) groups excluding carboxylic acids is 2. The molecule has 0 bridgehead atoms. The lowest BCUT2D eigenvalue weighted by molar-refractivity contribution is -0.139. The number of benzene rings is 4. The maximum absolute atomic E-state index is 14.4. The molecule has 1 N–H and O–H groups in total. The maximum atomic E-state index is 14.4. The zero-order chi connectivity index (χ0) is 31.1. The highest BCUT2D eigenvalue weighted by Crippen LogP contribution is 2.27. The van der Waals surface area contributed by atoms with Crippen molar-refractivity contribution >= 4 is 27.5 Å². The number of sulfonamides is 1. The van der Waals surface area contributed by atoms with Gasteiger partial charge in [0.1, 0.15) is 12.6 Å². The number of nitrogens with zero attached hydrogens (tertiary/aromatic N) is 2. The summed E-state index contributed by atoms with van der Waals surface area (Å²) in [6.07, 6.45) is 0.270. The van der Waals surface area contributed by atoms with Gasteiger partial charge in [-0.3, -0.25) is 13.9 Å². The Morgan fingerprint density at radius 3 is 1.84 bits per heavy atom. The van der Waals surface area contributed by atoms with E-state index >= 15 is 0 Å². The smallest absolute Gasteiger partial charge is 0.264 e. The van der Waals surface area contributed by atoms with Crippen LogP contribution in [0.25, 0.3) is 0 Å². The second-order valence-corrected chi connectivity index (χ2v) is 12.9. The van der Waals surface area contributed by atoms with E-state index in [0.717, 1.165) is 37.7 Å².